The van der Waals surface area contributed by atoms with E-state index in [1.54, 1.807) is 0 Å². The summed E-state index contributed by atoms with van der Waals surface area (Å²) < 4.78 is 5.64. The molecule has 1 unspecified atom stereocenters. The second kappa shape index (κ2) is 10.6. The van der Waals surface area contributed by atoms with Gasteiger partial charge < -0.3 is 19.9 Å². The molecule has 1 aliphatic carbocycles. The van der Waals surface area contributed by atoms with Crippen LogP contribution in [-0.2, 0) is 9.53 Å². The number of hydrogen-bond acceptors (Lipinski definition) is 4. The zero-order chi connectivity index (χ0) is 19.4. The van der Waals surface area contributed by atoms with Crippen LogP contribution in [0.2, 0.25) is 0 Å². The summed E-state index contributed by atoms with van der Waals surface area (Å²) in [5, 5.41) is 3.56. The second-order valence-electron chi connectivity index (χ2n) is 9.10. The molecule has 1 spiro atoms. The first kappa shape index (κ1) is 23.1. The molecule has 166 valence electrons. The third-order valence-electron chi connectivity index (χ3n) is 7.23. The summed E-state index contributed by atoms with van der Waals surface area (Å²) in [6.45, 7) is 9.62. The van der Waals surface area contributed by atoms with Gasteiger partial charge in [0.2, 0.25) is 5.91 Å². The van der Waals surface area contributed by atoms with E-state index in [0.29, 0.717) is 17.2 Å². The van der Waals surface area contributed by atoms with Gasteiger partial charge in [0.1, 0.15) is 0 Å². The van der Waals surface area contributed by atoms with Crippen LogP contribution in [0.5, 0.6) is 0 Å². The number of piperazine rings is 1. The summed E-state index contributed by atoms with van der Waals surface area (Å²) in [7, 11) is 1.88. The van der Waals surface area contributed by atoms with E-state index in [2.05, 4.69) is 25.0 Å². The highest BCUT2D eigenvalue weighted by Crippen LogP contribution is 2.38. The van der Waals surface area contributed by atoms with Gasteiger partial charge >= 0.3 is 0 Å². The molecule has 8 heteroatoms. The van der Waals surface area contributed by atoms with Gasteiger partial charge in [-0.15, -0.1) is 24.0 Å². The molecule has 0 aromatic heterocycles. The molecule has 0 bridgehead atoms. The van der Waals surface area contributed by atoms with E-state index in [1.165, 1.54) is 25.7 Å². The molecule has 1 amide bonds. The van der Waals surface area contributed by atoms with Crippen LogP contribution in [0.1, 0.15) is 38.5 Å². The predicted octanol–water partition coefficient (Wildman–Crippen LogP) is 1.63. The van der Waals surface area contributed by atoms with Crippen LogP contribution >= 0.6 is 24.0 Å². The van der Waals surface area contributed by atoms with Crippen LogP contribution < -0.4 is 5.32 Å². The molecule has 0 aromatic rings. The van der Waals surface area contributed by atoms with Crippen LogP contribution in [-0.4, -0.2) is 99.2 Å². The number of aliphatic imine (C=N–C) groups is 1. The lowest BCUT2D eigenvalue weighted by Gasteiger charge is -2.36. The number of guanidine groups is 1. The van der Waals surface area contributed by atoms with Crippen molar-refractivity contribution in [1.29, 1.82) is 0 Å². The monoisotopic (exact) mass is 519 g/mol. The molecule has 1 atom stereocenters. The fraction of sp³-hybridized carbons (Fsp3) is 0.905. The van der Waals surface area contributed by atoms with Gasteiger partial charge in [-0.25, -0.2) is 0 Å². The van der Waals surface area contributed by atoms with Gasteiger partial charge in [0.05, 0.1) is 6.61 Å². The summed E-state index contributed by atoms with van der Waals surface area (Å²) in [6, 6.07) is 0. The Bertz CT molecular complexity index is 567. The quantitative estimate of drug-likeness (QED) is 0.348. The molecule has 1 saturated carbocycles. The molecular formula is C21H38IN5O2. The zero-order valence-corrected chi connectivity index (χ0v) is 20.2. The number of hydrogen-bond donors (Lipinski definition) is 1. The van der Waals surface area contributed by atoms with E-state index in [-0.39, 0.29) is 24.0 Å². The maximum Gasteiger partial charge on any atom is 0.225 e. The molecule has 7 nitrogen and oxygen atoms in total. The van der Waals surface area contributed by atoms with E-state index in [0.717, 1.165) is 84.4 Å². The first-order valence-corrected chi connectivity index (χ1v) is 11.2. The highest BCUT2D eigenvalue weighted by molar-refractivity contribution is 14.0. The molecule has 4 fully saturated rings. The minimum atomic E-state index is 0. The number of nitrogens with one attached hydrogen (secondary N) is 1. The summed E-state index contributed by atoms with van der Waals surface area (Å²) in [5.74, 6) is 1.75. The Labute approximate surface area is 192 Å². The van der Waals surface area contributed by atoms with Crippen molar-refractivity contribution in [1.82, 2.24) is 20.0 Å². The summed E-state index contributed by atoms with van der Waals surface area (Å²) in [5.41, 5.74) is 0.361. The highest BCUT2D eigenvalue weighted by Gasteiger charge is 2.42. The Kier molecular flexibility index (Phi) is 8.44. The van der Waals surface area contributed by atoms with Gasteiger partial charge in [-0.2, -0.15) is 0 Å². The van der Waals surface area contributed by atoms with E-state index in [1.807, 2.05) is 7.05 Å². The molecule has 29 heavy (non-hydrogen) atoms. The van der Waals surface area contributed by atoms with E-state index < -0.39 is 0 Å². The normalized spacial score (nSPS) is 28.9. The SMILES string of the molecule is CN=C(NCCN1CCN(C(=O)C2CCCC2)CC1)N1CCC2(CCOC2)C1.I. The van der Waals surface area contributed by atoms with Gasteiger partial charge in [0.25, 0.3) is 0 Å². The average Bonchev–Trinajstić information content (AvgIpc) is 3.49. The number of nitrogens with zero attached hydrogens (tertiary/aromatic N) is 4. The molecule has 3 aliphatic heterocycles. The average molecular weight is 519 g/mol. The van der Waals surface area contributed by atoms with Gasteiger partial charge in [0.15, 0.2) is 5.96 Å². The van der Waals surface area contributed by atoms with E-state index >= 15 is 0 Å². The number of carbonyl (C=O) groups excluding carboxylic acids is 1. The molecule has 0 aromatic carbocycles. The predicted molar refractivity (Wildman–Crippen MR) is 126 cm³/mol. The number of halogens is 1. The number of carbonyl (C=O) groups is 1. The van der Waals surface area contributed by atoms with Crippen molar-refractivity contribution in [2.75, 3.05) is 72.6 Å². The van der Waals surface area contributed by atoms with Crippen molar-refractivity contribution >= 4 is 35.8 Å². The third kappa shape index (κ3) is 5.55. The first-order chi connectivity index (χ1) is 13.7. The van der Waals surface area contributed by atoms with Crippen molar-refractivity contribution in [2.45, 2.75) is 38.5 Å². The zero-order valence-electron chi connectivity index (χ0n) is 17.9. The molecule has 0 radical (unpaired) electrons. The minimum Gasteiger partial charge on any atom is -0.381 e. The third-order valence-corrected chi connectivity index (χ3v) is 7.23. The fourth-order valence-electron chi connectivity index (χ4n) is 5.37. The van der Waals surface area contributed by atoms with Crippen molar-refractivity contribution in [3.63, 3.8) is 0 Å². The summed E-state index contributed by atoms with van der Waals surface area (Å²) in [6.07, 6.45) is 7.07. The van der Waals surface area contributed by atoms with Crippen LogP contribution in [0.3, 0.4) is 0 Å². The fourth-order valence-corrected chi connectivity index (χ4v) is 5.37. The molecule has 1 N–H and O–H groups in total. The highest BCUT2D eigenvalue weighted by atomic mass is 127. The Balaban J connectivity index is 0.00000240. The van der Waals surface area contributed by atoms with Gasteiger partial charge in [0, 0.05) is 77.3 Å². The largest absolute Gasteiger partial charge is 0.381 e. The Morgan fingerprint density at radius 2 is 1.86 bits per heavy atom. The molecule has 3 heterocycles. The van der Waals surface area contributed by atoms with E-state index in [4.69, 9.17) is 4.74 Å². The standard InChI is InChI=1S/C21H37N5O2.HI/c1-22-20(26-9-6-21(16-26)7-15-28-17-21)23-8-10-24-11-13-25(14-12-24)19(27)18-4-2-3-5-18;/h18H,2-17H2,1H3,(H,22,23);1H. The lowest BCUT2D eigenvalue weighted by atomic mass is 9.87. The van der Waals surface area contributed by atoms with Gasteiger partial charge in [-0.05, 0) is 25.7 Å². The Hall–Kier alpha value is -0.610. The Morgan fingerprint density at radius 1 is 1.10 bits per heavy atom. The van der Waals surface area contributed by atoms with Crippen LogP contribution in [0.4, 0.5) is 0 Å². The number of rotatable bonds is 4. The minimum absolute atomic E-state index is 0. The molecule has 4 aliphatic rings. The van der Waals surface area contributed by atoms with Crippen molar-refractivity contribution < 1.29 is 9.53 Å². The molecule has 4 rings (SSSR count). The van der Waals surface area contributed by atoms with E-state index in [9.17, 15) is 4.79 Å². The maximum atomic E-state index is 12.6. The smallest absolute Gasteiger partial charge is 0.225 e. The molecule has 3 saturated heterocycles. The summed E-state index contributed by atoms with van der Waals surface area (Å²) in [4.78, 5) is 24.0. The van der Waals surface area contributed by atoms with Gasteiger partial charge in [-0.3, -0.25) is 14.7 Å². The number of ether oxygens (including phenoxy) is 1. The summed E-state index contributed by atoms with van der Waals surface area (Å²) >= 11 is 0. The second-order valence-corrected chi connectivity index (χ2v) is 9.10. The lowest BCUT2D eigenvalue weighted by molar-refractivity contribution is -0.137. The van der Waals surface area contributed by atoms with Crippen molar-refractivity contribution in [3.8, 4) is 0 Å². The van der Waals surface area contributed by atoms with Gasteiger partial charge in [-0.1, -0.05) is 12.8 Å². The Morgan fingerprint density at radius 3 is 2.52 bits per heavy atom. The van der Waals surface area contributed by atoms with Crippen LogP contribution in [0.15, 0.2) is 4.99 Å². The number of amides is 1. The van der Waals surface area contributed by atoms with Crippen molar-refractivity contribution in [2.24, 2.45) is 16.3 Å². The topological polar surface area (TPSA) is 60.4 Å². The van der Waals surface area contributed by atoms with Crippen LogP contribution in [0.25, 0.3) is 0 Å². The molecular weight excluding hydrogens is 481 g/mol. The lowest BCUT2D eigenvalue weighted by Crippen LogP contribution is -2.52. The van der Waals surface area contributed by atoms with Crippen LogP contribution in [0, 0.1) is 11.3 Å². The number of likely N-dealkylation sites (tertiary alicyclic amines) is 1. The first-order valence-electron chi connectivity index (χ1n) is 11.2. The maximum absolute atomic E-state index is 12.6. The van der Waals surface area contributed by atoms with Crippen molar-refractivity contribution in [3.05, 3.63) is 0 Å².